The lowest BCUT2D eigenvalue weighted by atomic mass is 10.3. The normalized spacial score (nSPS) is 12.8. The van der Waals surface area contributed by atoms with E-state index in [4.69, 9.17) is 0 Å². The van der Waals surface area contributed by atoms with E-state index in [0.29, 0.717) is 6.07 Å². The second-order valence-electron chi connectivity index (χ2n) is 3.49. The van der Waals surface area contributed by atoms with Gasteiger partial charge in [0.15, 0.2) is 4.60 Å². The molecule has 0 atom stereocenters. The molecule has 108 valence electrons. The van der Waals surface area contributed by atoms with Crippen LogP contribution in [0.5, 0.6) is 0 Å². The van der Waals surface area contributed by atoms with Crippen LogP contribution in [-0.4, -0.2) is 24.0 Å². The van der Waals surface area contributed by atoms with Crippen molar-refractivity contribution in [2.45, 2.75) is 10.4 Å². The number of fused-ring (bicyclic) bond motifs is 1. The third-order valence-corrected chi connectivity index (χ3v) is 3.77. The molecule has 0 aliphatic heterocycles. The number of nitrogens with one attached hydrogen (secondary N) is 1. The number of non-ortho nitro benzene ring substituents is 1. The predicted molar refractivity (Wildman–Crippen MR) is 53.8 cm³/mol. The maximum Gasteiger partial charge on any atom is 0.501 e. The second kappa shape index (κ2) is 4.03. The summed E-state index contributed by atoms with van der Waals surface area (Å²) < 4.78 is 63.4. The number of nitro benzene ring substituents is 1. The number of aromatic amines is 1. The van der Waals surface area contributed by atoms with Crippen molar-refractivity contribution in [3.63, 3.8) is 0 Å². The second-order valence-corrected chi connectivity index (χ2v) is 5.43. The van der Waals surface area contributed by atoms with Crippen LogP contribution in [0.3, 0.4) is 0 Å². The summed E-state index contributed by atoms with van der Waals surface area (Å²) >= 11 is 0. The van der Waals surface area contributed by atoms with E-state index >= 15 is 0 Å². The number of nitro groups is 1. The minimum absolute atomic E-state index is 0.192. The Hall–Kier alpha value is -2.44. The van der Waals surface area contributed by atoms with E-state index in [-0.39, 0.29) is 10.7 Å². The maximum atomic E-state index is 12.4. The first-order valence-corrected chi connectivity index (χ1v) is 6.08. The van der Waals surface area contributed by atoms with Crippen molar-refractivity contribution in [1.82, 2.24) is 5.16 Å². The van der Waals surface area contributed by atoms with E-state index in [2.05, 4.69) is 4.63 Å². The van der Waals surface area contributed by atoms with Gasteiger partial charge in [-0.25, -0.2) is 8.42 Å². The molecule has 9 nitrogen and oxygen atoms in total. The number of benzene rings is 1. The topological polar surface area (TPSA) is 129 Å². The summed E-state index contributed by atoms with van der Waals surface area (Å²) in [7, 11) is -5.83. The van der Waals surface area contributed by atoms with Crippen LogP contribution in [0.25, 0.3) is 11.0 Å². The lowest BCUT2D eigenvalue weighted by molar-refractivity contribution is -0.692. The zero-order valence-corrected chi connectivity index (χ0v) is 9.86. The van der Waals surface area contributed by atoms with Gasteiger partial charge in [-0.05, 0) is 4.91 Å². The molecule has 2 rings (SSSR count). The minimum atomic E-state index is -5.83. The van der Waals surface area contributed by atoms with E-state index in [1.165, 1.54) is 0 Å². The third kappa shape index (κ3) is 1.91. The molecule has 0 bridgehead atoms. The zero-order chi connectivity index (χ0) is 15.3. The van der Waals surface area contributed by atoms with Crippen molar-refractivity contribution in [3.05, 3.63) is 27.2 Å². The highest BCUT2D eigenvalue weighted by Crippen LogP contribution is 2.34. The van der Waals surface area contributed by atoms with Gasteiger partial charge in [-0.1, -0.05) is 9.79 Å². The van der Waals surface area contributed by atoms with Gasteiger partial charge in [0, 0.05) is 12.1 Å². The van der Waals surface area contributed by atoms with Gasteiger partial charge >= 0.3 is 11.2 Å². The van der Waals surface area contributed by atoms with Crippen molar-refractivity contribution in [2.24, 2.45) is 0 Å². The van der Waals surface area contributed by atoms with Gasteiger partial charge in [0.05, 0.1) is 9.82 Å². The Morgan fingerprint density at radius 1 is 1.35 bits per heavy atom. The largest absolute Gasteiger partial charge is 0.501 e. The molecule has 1 N–H and O–H groups in total. The number of H-pyrrole nitrogens is 1. The molecule has 1 aromatic heterocycles. The first-order valence-electron chi connectivity index (χ1n) is 4.59. The molecule has 0 spiro atoms. The van der Waals surface area contributed by atoms with E-state index < -0.39 is 41.9 Å². The summed E-state index contributed by atoms with van der Waals surface area (Å²) in [6.07, 6.45) is 0. The van der Waals surface area contributed by atoms with Crippen LogP contribution in [0.1, 0.15) is 0 Å². The van der Waals surface area contributed by atoms with Gasteiger partial charge in [-0.3, -0.25) is 10.1 Å². The average Bonchev–Trinajstić information content (AvgIpc) is 2.68. The number of rotatable bonds is 2. The first kappa shape index (κ1) is 14.0. The molecule has 0 fully saturated rings. The van der Waals surface area contributed by atoms with Crippen molar-refractivity contribution in [1.29, 1.82) is 0 Å². The van der Waals surface area contributed by atoms with Gasteiger partial charge in [-0.2, -0.15) is 13.2 Å². The summed E-state index contributed by atoms with van der Waals surface area (Å²) in [4.78, 5) is 19.2. The number of alkyl halides is 3. The van der Waals surface area contributed by atoms with Crippen molar-refractivity contribution in [2.75, 3.05) is 0 Å². The maximum absolute atomic E-state index is 12.4. The smallest absolute Gasteiger partial charge is 0.258 e. The van der Waals surface area contributed by atoms with Gasteiger partial charge in [0.2, 0.25) is 0 Å². The molecular weight excluding hydrogens is 311 g/mol. The Balaban J connectivity index is 2.91. The Labute approximate surface area is 106 Å². The number of sulfone groups is 1. The van der Waals surface area contributed by atoms with Crippen molar-refractivity contribution in [3.8, 4) is 0 Å². The van der Waals surface area contributed by atoms with Crippen LogP contribution in [0.15, 0.2) is 21.7 Å². The fourth-order valence-electron chi connectivity index (χ4n) is 1.40. The number of halogens is 3. The molecule has 13 heteroatoms. The third-order valence-electron chi connectivity index (χ3n) is 2.31. The molecule has 1 aromatic carbocycles. The summed E-state index contributed by atoms with van der Waals surface area (Å²) in [6, 6.07) is 0.523. The van der Waals surface area contributed by atoms with Crippen LogP contribution in [0.2, 0.25) is 0 Å². The van der Waals surface area contributed by atoms with E-state index in [1.54, 1.807) is 0 Å². The van der Waals surface area contributed by atoms with Crippen LogP contribution < -0.4 is 4.60 Å². The number of hydrogen-bond acceptors (Lipinski definition) is 6. The molecule has 20 heavy (non-hydrogen) atoms. The summed E-state index contributed by atoms with van der Waals surface area (Å²) in [5.41, 5.74) is -7.98. The van der Waals surface area contributed by atoms with Gasteiger partial charge in [0.1, 0.15) is 0 Å². The average molecular weight is 314 g/mol. The fraction of sp³-hybridized carbons (Fsp3) is 0.143. The van der Waals surface area contributed by atoms with Crippen LogP contribution >= 0.6 is 0 Å². The molecule has 2 aromatic rings. The van der Waals surface area contributed by atoms with Crippen molar-refractivity contribution >= 4 is 26.6 Å². The lowest BCUT2D eigenvalue weighted by Gasteiger charge is -2.06. The Bertz CT molecular complexity index is 864. The molecule has 0 amide bonds. The van der Waals surface area contributed by atoms with Crippen LogP contribution in [0, 0.1) is 15.0 Å². The molecule has 0 saturated heterocycles. The number of aromatic nitrogens is 2. The minimum Gasteiger partial charge on any atom is -0.258 e. The van der Waals surface area contributed by atoms with E-state index in [0.717, 1.165) is 0 Å². The van der Waals surface area contributed by atoms with Crippen LogP contribution in [-0.2, 0) is 9.84 Å². The molecule has 0 aliphatic rings. The number of nitrogens with zero attached hydrogens (tertiary/aromatic N) is 2. The van der Waals surface area contributed by atoms with E-state index in [1.807, 2.05) is 5.16 Å². The summed E-state index contributed by atoms with van der Waals surface area (Å²) in [5.74, 6) is 0. The van der Waals surface area contributed by atoms with Gasteiger partial charge < -0.3 is 0 Å². The standard InChI is InChI=1S/C7H3F3N3O6S/c8-7(9,10)20(17,18)3-1-4(12(14)15)6-5(2-3)13(16)19-11-6/h1-2,11H/q+1. The lowest BCUT2D eigenvalue weighted by Crippen LogP contribution is -2.23. The highest BCUT2D eigenvalue weighted by Gasteiger charge is 2.48. The van der Waals surface area contributed by atoms with E-state index in [9.17, 15) is 36.6 Å². The molecule has 1 heterocycles. The zero-order valence-electron chi connectivity index (χ0n) is 9.04. The molecule has 0 unspecified atom stereocenters. The SMILES string of the molecule is O=[N+]([O-])c1cc(S(=O)(=O)C(F)(F)F)cc2c1[nH]o[n+]2=O. The fourth-order valence-corrected chi connectivity index (χ4v) is 2.21. The quantitative estimate of drug-likeness (QED) is 0.647. The Morgan fingerprint density at radius 3 is 2.45 bits per heavy atom. The first-order chi connectivity index (χ1) is 9.05. The Kier molecular flexibility index (Phi) is 2.81. The highest BCUT2D eigenvalue weighted by atomic mass is 32.2. The Morgan fingerprint density at radius 2 is 1.95 bits per heavy atom. The highest BCUT2D eigenvalue weighted by molar-refractivity contribution is 7.92. The van der Waals surface area contributed by atoms with Crippen LogP contribution in [0.4, 0.5) is 18.9 Å². The van der Waals surface area contributed by atoms with Crippen molar-refractivity contribution < 1.29 is 35.7 Å². The van der Waals surface area contributed by atoms with Gasteiger partial charge in [0.25, 0.3) is 20.9 Å². The molecular formula is C7H3F3N3O6S+. The molecule has 0 radical (unpaired) electrons. The number of hydrogen-bond donors (Lipinski definition) is 1. The monoisotopic (exact) mass is 314 g/mol. The predicted octanol–water partition coefficient (Wildman–Crippen LogP) is 0.877. The summed E-state index contributed by atoms with van der Waals surface area (Å²) in [5, 5.41) is 12.5. The van der Waals surface area contributed by atoms with Gasteiger partial charge in [-0.15, -0.1) is 0 Å². The molecule has 0 aliphatic carbocycles. The summed E-state index contributed by atoms with van der Waals surface area (Å²) in [6.45, 7) is 0. The molecule has 0 saturated carbocycles.